The molecule has 1 rings (SSSR count). The van der Waals surface area contributed by atoms with Crippen LogP contribution in [0.5, 0.6) is 5.75 Å². The minimum atomic E-state index is 0.791. The van der Waals surface area contributed by atoms with Crippen molar-refractivity contribution in [2.45, 2.75) is 25.1 Å². The number of para-hydroxylation sites is 1. The third-order valence-electron chi connectivity index (χ3n) is 1.94. The van der Waals surface area contributed by atoms with E-state index in [1.807, 2.05) is 12.1 Å². The first-order chi connectivity index (χ1) is 6.79. The van der Waals surface area contributed by atoms with Crippen molar-refractivity contribution in [2.75, 3.05) is 6.61 Å². The lowest BCUT2D eigenvalue weighted by atomic mass is 10.2. The normalized spacial score (nSPS) is 10.2. The van der Waals surface area contributed by atoms with Gasteiger partial charge >= 0.3 is 0 Å². The molecule has 0 aromatic heterocycles. The van der Waals surface area contributed by atoms with E-state index in [4.69, 9.17) is 4.74 Å². The first kappa shape index (κ1) is 12.1. The van der Waals surface area contributed by atoms with Gasteiger partial charge in [-0.3, -0.25) is 0 Å². The second-order valence-corrected chi connectivity index (χ2v) is 4.48. The zero-order chi connectivity index (χ0) is 10.4. The highest BCUT2D eigenvalue weighted by Gasteiger charge is 2.06. The Morgan fingerprint density at radius 1 is 1.36 bits per heavy atom. The number of hydrogen-bond acceptors (Lipinski definition) is 1. The number of hydrogen-bond donors (Lipinski definition) is 0. The highest BCUT2D eigenvalue weighted by Crippen LogP contribution is 2.30. The Morgan fingerprint density at radius 3 is 2.79 bits per heavy atom. The number of alkyl halides is 1. The number of benzene rings is 1. The summed E-state index contributed by atoms with van der Waals surface area (Å²) in [5.74, 6) is 0.970. The molecule has 0 spiro atoms. The van der Waals surface area contributed by atoms with Crippen LogP contribution in [0, 0.1) is 0 Å². The van der Waals surface area contributed by atoms with Crippen LogP contribution in [0.3, 0.4) is 0 Å². The molecular formula is C11H14Br2O. The lowest BCUT2D eigenvalue weighted by Crippen LogP contribution is -1.99. The summed E-state index contributed by atoms with van der Waals surface area (Å²) in [5, 5.41) is 0.827. The van der Waals surface area contributed by atoms with Gasteiger partial charge in [0.25, 0.3) is 0 Å². The largest absolute Gasteiger partial charge is 0.492 e. The third kappa shape index (κ3) is 3.28. The molecule has 0 unspecified atom stereocenters. The molecule has 0 heterocycles. The van der Waals surface area contributed by atoms with Crippen LogP contribution in [0.15, 0.2) is 22.7 Å². The van der Waals surface area contributed by atoms with Gasteiger partial charge in [-0.15, -0.1) is 0 Å². The molecule has 0 fully saturated rings. The van der Waals surface area contributed by atoms with E-state index in [2.05, 4.69) is 44.8 Å². The van der Waals surface area contributed by atoms with Gasteiger partial charge in [-0.25, -0.2) is 0 Å². The zero-order valence-corrected chi connectivity index (χ0v) is 11.4. The predicted molar refractivity (Wildman–Crippen MR) is 67.2 cm³/mol. The molecule has 0 aliphatic carbocycles. The van der Waals surface area contributed by atoms with Crippen molar-refractivity contribution >= 4 is 31.9 Å². The van der Waals surface area contributed by atoms with E-state index in [9.17, 15) is 0 Å². The Hall–Kier alpha value is -0.0200. The second-order valence-electron chi connectivity index (χ2n) is 3.06. The molecular weight excluding hydrogens is 308 g/mol. The molecule has 1 aromatic rings. The third-order valence-corrected chi connectivity index (χ3v) is 3.17. The summed E-state index contributed by atoms with van der Waals surface area (Å²) in [5.41, 5.74) is 1.19. The highest BCUT2D eigenvalue weighted by molar-refractivity contribution is 9.10. The van der Waals surface area contributed by atoms with Gasteiger partial charge < -0.3 is 4.74 Å². The first-order valence-electron chi connectivity index (χ1n) is 4.75. The molecule has 0 atom stereocenters. The molecule has 1 nitrogen and oxygen atoms in total. The molecule has 0 radical (unpaired) electrons. The van der Waals surface area contributed by atoms with E-state index in [1.165, 1.54) is 5.56 Å². The maximum atomic E-state index is 5.72. The molecule has 0 aliphatic rings. The average molecular weight is 322 g/mol. The molecule has 0 N–H and O–H groups in total. The maximum Gasteiger partial charge on any atom is 0.137 e. The van der Waals surface area contributed by atoms with Gasteiger partial charge in [0.15, 0.2) is 0 Å². The molecule has 0 saturated carbocycles. The van der Waals surface area contributed by atoms with Crippen LogP contribution in [-0.4, -0.2) is 6.61 Å². The number of halogens is 2. The smallest absolute Gasteiger partial charge is 0.137 e. The van der Waals surface area contributed by atoms with Crippen LogP contribution in [0.1, 0.15) is 25.3 Å². The van der Waals surface area contributed by atoms with E-state index in [0.717, 1.165) is 35.0 Å². The van der Waals surface area contributed by atoms with Crippen molar-refractivity contribution in [3.05, 3.63) is 28.2 Å². The summed E-state index contributed by atoms with van der Waals surface area (Å²) in [7, 11) is 0. The Bertz CT molecular complexity index is 287. The van der Waals surface area contributed by atoms with Crippen molar-refractivity contribution in [3.8, 4) is 5.75 Å². The van der Waals surface area contributed by atoms with Crippen LogP contribution in [-0.2, 0) is 5.33 Å². The van der Waals surface area contributed by atoms with Gasteiger partial charge in [0, 0.05) is 10.9 Å². The summed E-state index contributed by atoms with van der Waals surface area (Å²) in [4.78, 5) is 0. The van der Waals surface area contributed by atoms with Crippen molar-refractivity contribution in [1.82, 2.24) is 0 Å². The van der Waals surface area contributed by atoms with Gasteiger partial charge in [0.05, 0.1) is 11.1 Å². The predicted octanol–water partition coefficient (Wildman–Crippen LogP) is 4.52. The van der Waals surface area contributed by atoms with E-state index in [0.29, 0.717) is 0 Å². The monoisotopic (exact) mass is 320 g/mol. The van der Waals surface area contributed by atoms with Crippen LogP contribution in [0.4, 0.5) is 0 Å². The quantitative estimate of drug-likeness (QED) is 0.572. The summed E-state index contributed by atoms with van der Waals surface area (Å²) >= 11 is 6.94. The topological polar surface area (TPSA) is 9.23 Å². The molecule has 1 aromatic carbocycles. The molecule has 0 bridgehead atoms. The second kappa shape index (κ2) is 6.46. The molecule has 3 heteroatoms. The molecule has 14 heavy (non-hydrogen) atoms. The Morgan fingerprint density at radius 2 is 2.14 bits per heavy atom. The maximum absolute atomic E-state index is 5.72. The van der Waals surface area contributed by atoms with Crippen molar-refractivity contribution in [1.29, 1.82) is 0 Å². The van der Waals surface area contributed by atoms with Crippen LogP contribution in [0.2, 0.25) is 0 Å². The molecule has 0 aliphatic heterocycles. The summed E-state index contributed by atoms with van der Waals surface area (Å²) < 4.78 is 6.76. The van der Waals surface area contributed by atoms with Gasteiger partial charge in [-0.1, -0.05) is 41.4 Å². The van der Waals surface area contributed by atoms with E-state index in [-0.39, 0.29) is 0 Å². The number of rotatable bonds is 5. The molecule has 78 valence electrons. The fraction of sp³-hybridized carbons (Fsp3) is 0.455. The minimum Gasteiger partial charge on any atom is -0.492 e. The Labute approximate surface area is 102 Å². The minimum absolute atomic E-state index is 0.791. The van der Waals surface area contributed by atoms with Crippen molar-refractivity contribution in [3.63, 3.8) is 0 Å². The number of unbranched alkanes of at least 4 members (excludes halogenated alkanes) is 1. The first-order valence-corrected chi connectivity index (χ1v) is 6.67. The van der Waals surface area contributed by atoms with Crippen molar-refractivity contribution in [2.24, 2.45) is 0 Å². The Balaban J connectivity index is 2.72. The molecule has 0 saturated heterocycles. The van der Waals surface area contributed by atoms with Gasteiger partial charge in [-0.2, -0.15) is 0 Å². The lowest BCUT2D eigenvalue weighted by Gasteiger charge is -2.11. The summed E-state index contributed by atoms with van der Waals surface area (Å²) in [6.45, 7) is 2.95. The summed E-state index contributed by atoms with van der Waals surface area (Å²) in [6, 6.07) is 6.10. The van der Waals surface area contributed by atoms with Gasteiger partial charge in [-0.05, 0) is 28.4 Å². The standard InChI is InChI=1S/C11H14Br2O/c1-2-3-7-14-11-9(8-12)5-4-6-10(11)13/h4-6H,2-3,7-8H2,1H3. The highest BCUT2D eigenvalue weighted by atomic mass is 79.9. The molecule has 0 amide bonds. The van der Waals surface area contributed by atoms with E-state index in [1.54, 1.807) is 0 Å². The van der Waals surface area contributed by atoms with Crippen molar-refractivity contribution < 1.29 is 4.74 Å². The summed E-state index contributed by atoms with van der Waals surface area (Å²) in [6.07, 6.45) is 2.26. The SMILES string of the molecule is CCCCOc1c(Br)cccc1CBr. The van der Waals surface area contributed by atoms with Crippen LogP contribution in [0.25, 0.3) is 0 Å². The van der Waals surface area contributed by atoms with Gasteiger partial charge in [0.1, 0.15) is 5.75 Å². The lowest BCUT2D eigenvalue weighted by molar-refractivity contribution is 0.305. The van der Waals surface area contributed by atoms with E-state index < -0.39 is 0 Å². The van der Waals surface area contributed by atoms with Gasteiger partial charge in [0.2, 0.25) is 0 Å². The van der Waals surface area contributed by atoms with Crippen LogP contribution < -0.4 is 4.74 Å². The van der Waals surface area contributed by atoms with E-state index >= 15 is 0 Å². The number of ether oxygens (including phenoxy) is 1. The fourth-order valence-corrected chi connectivity index (χ4v) is 2.10. The zero-order valence-electron chi connectivity index (χ0n) is 8.22. The van der Waals surface area contributed by atoms with Crippen LogP contribution >= 0.6 is 31.9 Å². The average Bonchev–Trinajstić information content (AvgIpc) is 2.20. The Kier molecular flexibility index (Phi) is 5.56. The fourth-order valence-electron chi connectivity index (χ4n) is 1.14.